The summed E-state index contributed by atoms with van der Waals surface area (Å²) in [6.07, 6.45) is 4.27. The lowest BCUT2D eigenvalue weighted by Crippen LogP contribution is -2.42. The van der Waals surface area contributed by atoms with Gasteiger partial charge in [-0.1, -0.05) is 0 Å². The van der Waals surface area contributed by atoms with Gasteiger partial charge in [0.25, 0.3) is 5.91 Å². The molecule has 1 atom stereocenters. The molecule has 0 saturated carbocycles. The van der Waals surface area contributed by atoms with Gasteiger partial charge in [0.15, 0.2) is 5.76 Å². The fourth-order valence-corrected chi connectivity index (χ4v) is 3.26. The van der Waals surface area contributed by atoms with Gasteiger partial charge in [-0.15, -0.1) is 0 Å². The SMILES string of the molecule is CC(c1ccc(C(=O)N2CCC(N)CC2)o1)N1CCCC1. The Hall–Kier alpha value is -1.33. The van der Waals surface area contributed by atoms with Crippen molar-refractivity contribution >= 4 is 5.91 Å². The standard InChI is InChI=1S/C16H25N3O2/c1-12(18-8-2-3-9-18)14-4-5-15(21-14)16(20)19-10-6-13(17)7-11-19/h4-5,12-13H,2-3,6-11,17H2,1H3. The van der Waals surface area contributed by atoms with Gasteiger partial charge in [-0.25, -0.2) is 0 Å². The van der Waals surface area contributed by atoms with E-state index >= 15 is 0 Å². The predicted molar refractivity (Wildman–Crippen MR) is 81.0 cm³/mol. The zero-order valence-corrected chi connectivity index (χ0v) is 12.8. The van der Waals surface area contributed by atoms with Crippen molar-refractivity contribution in [1.29, 1.82) is 0 Å². The number of carbonyl (C=O) groups is 1. The molecular formula is C16H25N3O2. The number of likely N-dealkylation sites (tertiary alicyclic amines) is 2. The number of amides is 1. The van der Waals surface area contributed by atoms with Crippen LogP contribution < -0.4 is 5.73 Å². The first-order valence-electron chi connectivity index (χ1n) is 8.04. The second-order valence-electron chi connectivity index (χ2n) is 6.25. The second kappa shape index (κ2) is 6.20. The molecule has 1 aromatic heterocycles. The average Bonchev–Trinajstić information content (AvgIpc) is 3.18. The third-order valence-electron chi connectivity index (χ3n) is 4.76. The Kier molecular flexibility index (Phi) is 4.31. The van der Waals surface area contributed by atoms with Crippen molar-refractivity contribution in [3.63, 3.8) is 0 Å². The Balaban J connectivity index is 1.65. The summed E-state index contributed by atoms with van der Waals surface area (Å²) < 4.78 is 5.84. The summed E-state index contributed by atoms with van der Waals surface area (Å²) >= 11 is 0. The van der Waals surface area contributed by atoms with Crippen LogP contribution in [0.25, 0.3) is 0 Å². The van der Waals surface area contributed by atoms with Gasteiger partial charge in [0.05, 0.1) is 6.04 Å². The molecule has 0 aliphatic carbocycles. The summed E-state index contributed by atoms with van der Waals surface area (Å²) in [7, 11) is 0. The summed E-state index contributed by atoms with van der Waals surface area (Å²) in [5.41, 5.74) is 5.88. The molecule has 116 valence electrons. The minimum absolute atomic E-state index is 0.00164. The molecule has 2 aliphatic heterocycles. The van der Waals surface area contributed by atoms with E-state index < -0.39 is 0 Å². The Morgan fingerprint density at radius 2 is 1.90 bits per heavy atom. The minimum Gasteiger partial charge on any atom is -0.454 e. The van der Waals surface area contributed by atoms with Crippen LogP contribution in [0.4, 0.5) is 0 Å². The molecule has 5 heteroatoms. The highest BCUT2D eigenvalue weighted by molar-refractivity contribution is 5.91. The number of piperidine rings is 1. The zero-order chi connectivity index (χ0) is 14.8. The number of nitrogens with two attached hydrogens (primary N) is 1. The molecule has 2 fully saturated rings. The monoisotopic (exact) mass is 291 g/mol. The number of hydrogen-bond acceptors (Lipinski definition) is 4. The molecular weight excluding hydrogens is 266 g/mol. The van der Waals surface area contributed by atoms with E-state index in [0.717, 1.165) is 44.8 Å². The minimum atomic E-state index is 0.00164. The number of rotatable bonds is 3. The summed E-state index contributed by atoms with van der Waals surface area (Å²) in [6, 6.07) is 4.25. The van der Waals surface area contributed by atoms with Crippen molar-refractivity contribution in [3.05, 3.63) is 23.7 Å². The zero-order valence-electron chi connectivity index (χ0n) is 12.8. The molecule has 3 heterocycles. The molecule has 3 rings (SSSR count). The first-order valence-corrected chi connectivity index (χ1v) is 8.04. The number of carbonyl (C=O) groups excluding carboxylic acids is 1. The summed E-state index contributed by atoms with van der Waals surface area (Å²) in [4.78, 5) is 16.7. The Bertz CT molecular complexity index is 485. The first-order chi connectivity index (χ1) is 10.1. The van der Waals surface area contributed by atoms with Gasteiger partial charge in [0.2, 0.25) is 0 Å². The van der Waals surface area contributed by atoms with E-state index in [-0.39, 0.29) is 18.0 Å². The lowest BCUT2D eigenvalue weighted by molar-refractivity contribution is 0.0677. The molecule has 5 nitrogen and oxygen atoms in total. The lowest BCUT2D eigenvalue weighted by atomic mass is 10.1. The van der Waals surface area contributed by atoms with Crippen LogP contribution in [-0.4, -0.2) is 47.9 Å². The smallest absolute Gasteiger partial charge is 0.289 e. The number of hydrogen-bond donors (Lipinski definition) is 1. The van der Waals surface area contributed by atoms with Crippen molar-refractivity contribution in [1.82, 2.24) is 9.80 Å². The van der Waals surface area contributed by atoms with Crippen LogP contribution in [0.2, 0.25) is 0 Å². The van der Waals surface area contributed by atoms with Crippen LogP contribution in [0.1, 0.15) is 55.0 Å². The van der Waals surface area contributed by atoms with Gasteiger partial charge in [-0.3, -0.25) is 9.69 Å². The van der Waals surface area contributed by atoms with Crippen LogP contribution >= 0.6 is 0 Å². The molecule has 1 amide bonds. The normalized spacial score (nSPS) is 22.7. The van der Waals surface area contributed by atoms with E-state index in [1.807, 2.05) is 17.0 Å². The van der Waals surface area contributed by atoms with E-state index in [0.29, 0.717) is 5.76 Å². The third kappa shape index (κ3) is 3.14. The van der Waals surface area contributed by atoms with E-state index in [2.05, 4.69) is 11.8 Å². The third-order valence-corrected chi connectivity index (χ3v) is 4.76. The molecule has 21 heavy (non-hydrogen) atoms. The summed E-state index contributed by atoms with van der Waals surface area (Å²) in [5.74, 6) is 1.36. The average molecular weight is 291 g/mol. The number of nitrogens with zero attached hydrogens (tertiary/aromatic N) is 2. The van der Waals surface area contributed by atoms with Crippen LogP contribution in [-0.2, 0) is 0 Å². The van der Waals surface area contributed by atoms with E-state index in [1.165, 1.54) is 12.8 Å². The summed E-state index contributed by atoms with van der Waals surface area (Å²) in [6.45, 7) is 5.86. The van der Waals surface area contributed by atoms with Crippen LogP contribution in [0.3, 0.4) is 0 Å². The van der Waals surface area contributed by atoms with E-state index in [9.17, 15) is 4.79 Å². The van der Waals surface area contributed by atoms with E-state index in [4.69, 9.17) is 10.2 Å². The fourth-order valence-electron chi connectivity index (χ4n) is 3.26. The lowest BCUT2D eigenvalue weighted by Gasteiger charge is -2.29. The molecule has 0 bridgehead atoms. The Morgan fingerprint density at radius 1 is 1.24 bits per heavy atom. The van der Waals surface area contributed by atoms with Gasteiger partial charge >= 0.3 is 0 Å². The quantitative estimate of drug-likeness (QED) is 0.925. The van der Waals surface area contributed by atoms with Gasteiger partial charge in [0.1, 0.15) is 5.76 Å². The molecule has 1 unspecified atom stereocenters. The van der Waals surface area contributed by atoms with Crippen LogP contribution in [0, 0.1) is 0 Å². The predicted octanol–water partition coefficient (Wildman–Crippen LogP) is 2.00. The molecule has 0 radical (unpaired) electrons. The highest BCUT2D eigenvalue weighted by Gasteiger charge is 2.26. The molecule has 0 aromatic carbocycles. The molecule has 1 aromatic rings. The molecule has 2 N–H and O–H groups in total. The van der Waals surface area contributed by atoms with Gasteiger partial charge in [0, 0.05) is 19.1 Å². The molecule has 2 saturated heterocycles. The topological polar surface area (TPSA) is 62.7 Å². The maximum absolute atomic E-state index is 12.4. The summed E-state index contributed by atoms with van der Waals surface area (Å²) in [5, 5.41) is 0. The maximum Gasteiger partial charge on any atom is 0.289 e. The van der Waals surface area contributed by atoms with Crippen molar-refractivity contribution in [3.8, 4) is 0 Å². The van der Waals surface area contributed by atoms with Gasteiger partial charge in [-0.05, 0) is 57.8 Å². The van der Waals surface area contributed by atoms with Gasteiger partial charge < -0.3 is 15.1 Å². The van der Waals surface area contributed by atoms with Crippen molar-refractivity contribution < 1.29 is 9.21 Å². The Labute approximate surface area is 126 Å². The van der Waals surface area contributed by atoms with Gasteiger partial charge in [-0.2, -0.15) is 0 Å². The van der Waals surface area contributed by atoms with Crippen molar-refractivity contribution in [2.24, 2.45) is 5.73 Å². The molecule has 0 spiro atoms. The second-order valence-corrected chi connectivity index (χ2v) is 6.25. The first kappa shape index (κ1) is 14.6. The van der Waals surface area contributed by atoms with E-state index in [1.54, 1.807) is 0 Å². The van der Waals surface area contributed by atoms with Crippen LogP contribution in [0.5, 0.6) is 0 Å². The van der Waals surface area contributed by atoms with Crippen molar-refractivity contribution in [2.75, 3.05) is 26.2 Å². The fraction of sp³-hybridized carbons (Fsp3) is 0.688. The van der Waals surface area contributed by atoms with Crippen molar-refractivity contribution in [2.45, 2.75) is 44.7 Å². The highest BCUT2D eigenvalue weighted by atomic mass is 16.4. The Morgan fingerprint density at radius 3 is 2.57 bits per heavy atom. The maximum atomic E-state index is 12.4. The largest absolute Gasteiger partial charge is 0.454 e. The van der Waals surface area contributed by atoms with Crippen LogP contribution in [0.15, 0.2) is 16.5 Å². The highest BCUT2D eigenvalue weighted by Crippen LogP contribution is 2.26. The number of furan rings is 1. The molecule has 2 aliphatic rings.